The van der Waals surface area contributed by atoms with E-state index in [4.69, 9.17) is 0 Å². The third-order valence-electron chi connectivity index (χ3n) is 3.58. The molecule has 4 nitrogen and oxygen atoms in total. The van der Waals surface area contributed by atoms with E-state index >= 15 is 0 Å². The lowest BCUT2D eigenvalue weighted by atomic mass is 10.1. The highest BCUT2D eigenvalue weighted by Crippen LogP contribution is 2.13. The van der Waals surface area contributed by atoms with Gasteiger partial charge in [0.05, 0.1) is 5.01 Å². The number of hydrogen-bond donors (Lipinski definition) is 2. The summed E-state index contributed by atoms with van der Waals surface area (Å²) >= 11 is 1.72. The van der Waals surface area contributed by atoms with E-state index in [1.54, 1.807) is 11.3 Å². The van der Waals surface area contributed by atoms with Gasteiger partial charge in [0.1, 0.15) is 11.6 Å². The van der Waals surface area contributed by atoms with Gasteiger partial charge in [0.2, 0.25) is 0 Å². The largest absolute Gasteiger partial charge is 0.357 e. The first-order valence-electron chi connectivity index (χ1n) is 8.52. The van der Waals surface area contributed by atoms with Gasteiger partial charge in [-0.15, -0.1) is 35.3 Å². The molecule has 0 bridgehead atoms. The molecule has 1 aromatic heterocycles. The van der Waals surface area contributed by atoms with E-state index in [0.717, 1.165) is 36.5 Å². The van der Waals surface area contributed by atoms with Crippen molar-refractivity contribution in [1.29, 1.82) is 0 Å². The van der Waals surface area contributed by atoms with Crippen molar-refractivity contribution in [3.8, 4) is 0 Å². The lowest BCUT2D eigenvalue weighted by molar-refractivity contribution is 0.583. The van der Waals surface area contributed by atoms with Crippen LogP contribution in [0.1, 0.15) is 29.3 Å². The molecular formula is C18H25F2IN4S. The maximum Gasteiger partial charge on any atom is 0.191 e. The summed E-state index contributed by atoms with van der Waals surface area (Å²) in [6, 6.07) is 3.51. The summed E-state index contributed by atoms with van der Waals surface area (Å²) in [4.78, 5) is 10.2. The Morgan fingerprint density at radius 1 is 1.19 bits per heavy atom. The van der Waals surface area contributed by atoms with Gasteiger partial charge in [0.15, 0.2) is 5.96 Å². The normalized spacial score (nSPS) is 11.2. The third kappa shape index (κ3) is 7.53. The lowest BCUT2D eigenvalue weighted by Gasteiger charge is -2.11. The maximum atomic E-state index is 13.6. The summed E-state index contributed by atoms with van der Waals surface area (Å²) in [6.45, 7) is 5.93. The Labute approximate surface area is 174 Å². The predicted octanol–water partition coefficient (Wildman–Crippen LogP) is 3.94. The van der Waals surface area contributed by atoms with Crippen molar-refractivity contribution >= 4 is 41.3 Å². The van der Waals surface area contributed by atoms with Crippen LogP contribution >= 0.6 is 35.3 Å². The summed E-state index contributed by atoms with van der Waals surface area (Å²) in [7, 11) is 0. The number of rotatable bonds is 8. The van der Waals surface area contributed by atoms with Crippen molar-refractivity contribution in [3.63, 3.8) is 0 Å². The van der Waals surface area contributed by atoms with Crippen molar-refractivity contribution in [2.24, 2.45) is 4.99 Å². The predicted molar refractivity (Wildman–Crippen MR) is 115 cm³/mol. The fourth-order valence-corrected chi connectivity index (χ4v) is 3.13. The Hall–Kier alpha value is -1.29. The molecule has 144 valence electrons. The Morgan fingerprint density at radius 3 is 2.69 bits per heavy atom. The van der Waals surface area contributed by atoms with Gasteiger partial charge in [-0.25, -0.2) is 13.8 Å². The average molecular weight is 494 g/mol. The highest BCUT2D eigenvalue weighted by Gasteiger charge is 2.05. The first-order chi connectivity index (χ1) is 12.1. The Kier molecular flexibility index (Phi) is 10.6. The van der Waals surface area contributed by atoms with Crippen LogP contribution in [-0.2, 0) is 19.3 Å². The van der Waals surface area contributed by atoms with Crippen LogP contribution in [0.4, 0.5) is 8.78 Å². The van der Waals surface area contributed by atoms with E-state index in [0.29, 0.717) is 31.0 Å². The van der Waals surface area contributed by atoms with Crippen molar-refractivity contribution < 1.29 is 8.78 Å². The Balaban J connectivity index is 0.00000338. The molecule has 0 fully saturated rings. The van der Waals surface area contributed by atoms with E-state index in [1.807, 2.05) is 13.1 Å². The van der Waals surface area contributed by atoms with Gasteiger partial charge in [-0.3, -0.25) is 4.99 Å². The second-order valence-corrected chi connectivity index (χ2v) is 6.70. The molecule has 0 spiro atoms. The van der Waals surface area contributed by atoms with Crippen LogP contribution in [0.5, 0.6) is 0 Å². The number of thiazole rings is 1. The van der Waals surface area contributed by atoms with Crippen LogP contribution < -0.4 is 10.6 Å². The van der Waals surface area contributed by atoms with Gasteiger partial charge in [-0.05, 0) is 43.5 Å². The fourth-order valence-electron chi connectivity index (χ4n) is 2.28. The summed E-state index contributed by atoms with van der Waals surface area (Å²) in [6.07, 6.45) is 4.10. The quantitative estimate of drug-likeness (QED) is 0.332. The number of benzene rings is 1. The first kappa shape index (κ1) is 22.8. The van der Waals surface area contributed by atoms with Crippen molar-refractivity contribution in [2.45, 2.75) is 33.1 Å². The van der Waals surface area contributed by atoms with E-state index in [-0.39, 0.29) is 29.8 Å². The summed E-state index contributed by atoms with van der Waals surface area (Å²) in [5.74, 6) is -0.140. The molecule has 2 aromatic rings. The number of aryl methyl sites for hydroxylation is 1. The van der Waals surface area contributed by atoms with Gasteiger partial charge in [-0.2, -0.15) is 0 Å². The Bertz CT molecular complexity index is 706. The molecule has 0 unspecified atom stereocenters. The topological polar surface area (TPSA) is 49.3 Å². The monoisotopic (exact) mass is 494 g/mol. The summed E-state index contributed by atoms with van der Waals surface area (Å²) in [5, 5.41) is 7.38. The van der Waals surface area contributed by atoms with Crippen LogP contribution in [0.25, 0.3) is 0 Å². The molecule has 0 aliphatic rings. The van der Waals surface area contributed by atoms with E-state index in [9.17, 15) is 8.78 Å². The summed E-state index contributed by atoms with van der Waals surface area (Å²) in [5.41, 5.74) is 0.359. The van der Waals surface area contributed by atoms with Gasteiger partial charge >= 0.3 is 0 Å². The van der Waals surface area contributed by atoms with Crippen LogP contribution in [0.3, 0.4) is 0 Å². The van der Waals surface area contributed by atoms with Crippen molar-refractivity contribution in [2.75, 3.05) is 19.6 Å². The van der Waals surface area contributed by atoms with Gasteiger partial charge in [-0.1, -0.05) is 6.92 Å². The smallest absolute Gasteiger partial charge is 0.191 e. The molecule has 0 saturated heterocycles. The first-order valence-corrected chi connectivity index (χ1v) is 9.33. The van der Waals surface area contributed by atoms with Crippen LogP contribution in [0.15, 0.2) is 29.4 Å². The second-order valence-electron chi connectivity index (χ2n) is 5.50. The number of nitrogens with zero attached hydrogens (tertiary/aromatic N) is 2. The summed E-state index contributed by atoms with van der Waals surface area (Å²) < 4.78 is 26.8. The van der Waals surface area contributed by atoms with Gasteiger partial charge in [0.25, 0.3) is 0 Å². The standard InChI is InChI=1S/C18H24F2N4S.HI/c1-3-15-12-24-17(25-15)8-10-23-18(21-4-2)22-9-7-13-11-14(19)5-6-16(13)20;/h5-6,11-12H,3-4,7-10H2,1-2H3,(H2,21,22,23);1H. The zero-order valence-electron chi connectivity index (χ0n) is 15.0. The molecule has 2 rings (SSSR count). The molecule has 0 aliphatic carbocycles. The van der Waals surface area contributed by atoms with Crippen molar-refractivity contribution in [1.82, 2.24) is 15.6 Å². The molecule has 8 heteroatoms. The second kappa shape index (κ2) is 12.2. The molecule has 2 N–H and O–H groups in total. The lowest BCUT2D eigenvalue weighted by Crippen LogP contribution is -2.38. The molecule has 0 aliphatic heterocycles. The van der Waals surface area contributed by atoms with Gasteiger partial charge < -0.3 is 10.6 Å². The zero-order chi connectivity index (χ0) is 18.1. The number of nitrogens with one attached hydrogen (secondary N) is 2. The van der Waals surface area contributed by atoms with E-state index < -0.39 is 5.82 Å². The Morgan fingerprint density at radius 2 is 2.00 bits per heavy atom. The highest BCUT2D eigenvalue weighted by atomic mass is 127. The highest BCUT2D eigenvalue weighted by molar-refractivity contribution is 14.0. The minimum absolute atomic E-state index is 0. The van der Waals surface area contributed by atoms with Crippen molar-refractivity contribution in [3.05, 3.63) is 51.5 Å². The number of hydrogen-bond acceptors (Lipinski definition) is 3. The molecular weight excluding hydrogens is 469 g/mol. The minimum atomic E-state index is -0.424. The molecule has 0 saturated carbocycles. The van der Waals surface area contributed by atoms with Gasteiger partial charge in [0, 0.05) is 37.1 Å². The number of guanidine groups is 1. The molecule has 0 atom stereocenters. The number of aromatic nitrogens is 1. The molecule has 0 amide bonds. The maximum absolute atomic E-state index is 13.6. The average Bonchev–Trinajstić information content (AvgIpc) is 3.06. The number of aliphatic imine (C=N–C) groups is 1. The van der Waals surface area contributed by atoms with Crippen LogP contribution in [-0.4, -0.2) is 30.6 Å². The van der Waals surface area contributed by atoms with Crippen LogP contribution in [0.2, 0.25) is 0 Å². The SMILES string of the molecule is CCNC(=NCCc1ncc(CC)s1)NCCc1cc(F)ccc1F.I. The minimum Gasteiger partial charge on any atom is -0.357 e. The zero-order valence-corrected chi connectivity index (χ0v) is 18.2. The van der Waals surface area contributed by atoms with E-state index in [1.165, 1.54) is 10.9 Å². The van der Waals surface area contributed by atoms with Crippen LogP contribution in [0, 0.1) is 11.6 Å². The fraction of sp³-hybridized carbons (Fsp3) is 0.444. The molecule has 26 heavy (non-hydrogen) atoms. The third-order valence-corrected chi connectivity index (χ3v) is 4.79. The molecule has 0 radical (unpaired) electrons. The van der Waals surface area contributed by atoms with E-state index in [2.05, 4.69) is 27.5 Å². The molecule has 1 heterocycles. The number of halogens is 3. The molecule has 1 aromatic carbocycles.